The predicted molar refractivity (Wildman–Crippen MR) is 79.0 cm³/mol. The van der Waals surface area contributed by atoms with Crippen molar-refractivity contribution in [3.63, 3.8) is 0 Å². The van der Waals surface area contributed by atoms with E-state index in [0.29, 0.717) is 17.1 Å². The Labute approximate surface area is 128 Å². The van der Waals surface area contributed by atoms with E-state index in [2.05, 4.69) is 5.10 Å². The Balaban J connectivity index is 2.17. The Morgan fingerprint density at radius 3 is 2.76 bits per heavy atom. The second kappa shape index (κ2) is 6.45. The number of halogens is 2. The number of aliphatic hydroxyl groups excluding tert-OH is 1. The third-order valence-electron chi connectivity index (χ3n) is 3.26. The van der Waals surface area contributed by atoms with Gasteiger partial charge in [0.15, 0.2) is 11.6 Å². The molecule has 0 saturated carbocycles. The van der Waals surface area contributed by atoms with Crippen LogP contribution >= 0.6 is 11.6 Å². The molecule has 0 fully saturated rings. The molecule has 2 rings (SSSR count). The molecule has 6 heteroatoms. The minimum absolute atomic E-state index is 0.122. The van der Waals surface area contributed by atoms with Crippen molar-refractivity contribution in [2.45, 2.75) is 40.0 Å². The lowest BCUT2D eigenvalue weighted by Gasteiger charge is -2.11. The average molecular weight is 313 g/mol. The molecule has 2 aromatic rings. The molecule has 4 nitrogen and oxygen atoms in total. The molecule has 0 radical (unpaired) electrons. The molecule has 0 bridgehead atoms. The first-order chi connectivity index (χ1) is 9.93. The highest BCUT2D eigenvalue weighted by Gasteiger charge is 2.14. The number of benzene rings is 1. The Bertz CT molecular complexity index is 641. The van der Waals surface area contributed by atoms with Crippen molar-refractivity contribution in [1.29, 1.82) is 0 Å². The zero-order valence-corrected chi connectivity index (χ0v) is 13.0. The molecule has 1 atom stereocenters. The van der Waals surface area contributed by atoms with E-state index in [1.54, 1.807) is 17.7 Å². The maximum absolute atomic E-state index is 13.9. The summed E-state index contributed by atoms with van der Waals surface area (Å²) < 4.78 is 21.1. The van der Waals surface area contributed by atoms with Gasteiger partial charge in [-0.1, -0.05) is 17.7 Å². The highest BCUT2D eigenvalue weighted by Crippen LogP contribution is 2.25. The summed E-state index contributed by atoms with van der Waals surface area (Å²) in [6.45, 7) is 6.14. The Morgan fingerprint density at radius 1 is 1.48 bits per heavy atom. The molecule has 1 aromatic carbocycles. The number of hydrogen-bond acceptors (Lipinski definition) is 3. The largest absolute Gasteiger partial charge is 0.484 e. The third kappa shape index (κ3) is 3.36. The van der Waals surface area contributed by atoms with Crippen molar-refractivity contribution in [3.8, 4) is 5.75 Å². The second-order valence-electron chi connectivity index (χ2n) is 4.82. The van der Waals surface area contributed by atoms with Crippen LogP contribution in [0.25, 0.3) is 0 Å². The number of hydrogen-bond donors (Lipinski definition) is 1. The van der Waals surface area contributed by atoms with E-state index in [1.807, 2.05) is 13.8 Å². The molecular formula is C15H18ClFN2O2. The molecule has 21 heavy (non-hydrogen) atoms. The summed E-state index contributed by atoms with van der Waals surface area (Å²) in [5, 5.41) is 14.2. The number of nitrogens with zero attached hydrogens (tertiary/aromatic N) is 2. The van der Waals surface area contributed by atoms with Crippen LogP contribution in [0.3, 0.4) is 0 Å². The molecule has 0 aliphatic heterocycles. The molecule has 0 amide bonds. The van der Waals surface area contributed by atoms with Crippen LogP contribution in [0.1, 0.15) is 36.9 Å². The summed E-state index contributed by atoms with van der Waals surface area (Å²) in [6, 6.07) is 4.40. The molecule has 0 saturated heterocycles. The van der Waals surface area contributed by atoms with Gasteiger partial charge in [-0.25, -0.2) is 4.39 Å². The standard InChI is InChI=1S/C15H18ClFN2O2/c1-4-19-13(15(16)9(2)18-19)8-21-14-6-5-11(10(3)20)7-12(14)17/h5-7,10,20H,4,8H2,1-3H3/t10-/m1/s1. The van der Waals surface area contributed by atoms with Gasteiger partial charge in [0.25, 0.3) is 0 Å². The van der Waals surface area contributed by atoms with Gasteiger partial charge in [-0.05, 0) is 38.5 Å². The lowest BCUT2D eigenvalue weighted by Crippen LogP contribution is -2.07. The summed E-state index contributed by atoms with van der Waals surface area (Å²) in [4.78, 5) is 0. The molecule has 1 heterocycles. The predicted octanol–water partition coefficient (Wildman–Crippen LogP) is 3.64. The summed E-state index contributed by atoms with van der Waals surface area (Å²) in [5.41, 5.74) is 1.95. The van der Waals surface area contributed by atoms with Crippen LogP contribution in [0.4, 0.5) is 4.39 Å². The van der Waals surface area contributed by atoms with Gasteiger partial charge in [0.2, 0.25) is 0 Å². The lowest BCUT2D eigenvalue weighted by molar-refractivity contribution is 0.198. The van der Waals surface area contributed by atoms with Crippen molar-refractivity contribution in [2.75, 3.05) is 0 Å². The molecular weight excluding hydrogens is 295 g/mol. The van der Waals surface area contributed by atoms with Gasteiger partial charge in [-0.3, -0.25) is 4.68 Å². The molecule has 1 aromatic heterocycles. The third-order valence-corrected chi connectivity index (χ3v) is 3.75. The van der Waals surface area contributed by atoms with Crippen LogP contribution in [0, 0.1) is 12.7 Å². The maximum Gasteiger partial charge on any atom is 0.165 e. The van der Waals surface area contributed by atoms with Crippen LogP contribution in [-0.2, 0) is 13.2 Å². The monoisotopic (exact) mass is 312 g/mol. The Hall–Kier alpha value is -1.59. The highest BCUT2D eigenvalue weighted by molar-refractivity contribution is 6.31. The molecule has 0 aliphatic carbocycles. The van der Waals surface area contributed by atoms with Crippen molar-refractivity contribution >= 4 is 11.6 Å². The topological polar surface area (TPSA) is 47.3 Å². The van der Waals surface area contributed by atoms with E-state index < -0.39 is 11.9 Å². The Morgan fingerprint density at radius 2 is 2.19 bits per heavy atom. The maximum atomic E-state index is 13.9. The van der Waals surface area contributed by atoms with Gasteiger partial charge < -0.3 is 9.84 Å². The molecule has 0 aliphatic rings. The van der Waals surface area contributed by atoms with Gasteiger partial charge in [-0.2, -0.15) is 5.10 Å². The van der Waals surface area contributed by atoms with Gasteiger partial charge >= 0.3 is 0 Å². The van der Waals surface area contributed by atoms with E-state index in [9.17, 15) is 9.50 Å². The quantitative estimate of drug-likeness (QED) is 0.917. The van der Waals surface area contributed by atoms with Crippen LogP contribution in [0.15, 0.2) is 18.2 Å². The zero-order valence-electron chi connectivity index (χ0n) is 12.2. The number of ether oxygens (including phenoxy) is 1. The Kier molecular flexibility index (Phi) is 4.85. The average Bonchev–Trinajstić information content (AvgIpc) is 2.72. The van der Waals surface area contributed by atoms with Crippen LogP contribution in [0.5, 0.6) is 5.75 Å². The first kappa shape index (κ1) is 15.8. The fourth-order valence-corrected chi connectivity index (χ4v) is 2.24. The van der Waals surface area contributed by atoms with Crippen LogP contribution in [-0.4, -0.2) is 14.9 Å². The summed E-state index contributed by atoms with van der Waals surface area (Å²) in [6.07, 6.45) is -0.716. The first-order valence-electron chi connectivity index (χ1n) is 6.76. The van der Waals surface area contributed by atoms with Gasteiger partial charge in [0.05, 0.1) is 22.5 Å². The molecule has 114 valence electrons. The normalized spacial score (nSPS) is 12.5. The van der Waals surface area contributed by atoms with Crippen molar-refractivity contribution in [1.82, 2.24) is 9.78 Å². The molecule has 1 N–H and O–H groups in total. The van der Waals surface area contributed by atoms with E-state index in [0.717, 1.165) is 11.4 Å². The SMILES string of the molecule is CCn1nc(C)c(Cl)c1COc1ccc([C@@H](C)O)cc1F. The van der Waals surface area contributed by atoms with Crippen molar-refractivity contribution in [2.24, 2.45) is 0 Å². The van der Waals surface area contributed by atoms with Crippen molar-refractivity contribution < 1.29 is 14.2 Å². The summed E-state index contributed by atoms with van der Waals surface area (Å²) >= 11 is 6.18. The number of aliphatic hydroxyl groups is 1. The minimum atomic E-state index is -0.716. The summed E-state index contributed by atoms with van der Waals surface area (Å²) in [5.74, 6) is -0.388. The molecule has 0 unspecified atom stereocenters. The van der Waals surface area contributed by atoms with Gasteiger partial charge in [-0.15, -0.1) is 0 Å². The number of aryl methyl sites for hydroxylation is 2. The fraction of sp³-hybridized carbons (Fsp3) is 0.400. The minimum Gasteiger partial charge on any atom is -0.484 e. The smallest absolute Gasteiger partial charge is 0.165 e. The lowest BCUT2D eigenvalue weighted by atomic mass is 10.1. The van der Waals surface area contributed by atoms with E-state index in [-0.39, 0.29) is 12.4 Å². The van der Waals surface area contributed by atoms with Gasteiger partial charge in [0, 0.05) is 6.54 Å². The van der Waals surface area contributed by atoms with E-state index >= 15 is 0 Å². The van der Waals surface area contributed by atoms with Crippen molar-refractivity contribution in [3.05, 3.63) is 46.0 Å². The zero-order chi connectivity index (χ0) is 15.6. The van der Waals surface area contributed by atoms with E-state index in [4.69, 9.17) is 16.3 Å². The van der Waals surface area contributed by atoms with Gasteiger partial charge in [0.1, 0.15) is 6.61 Å². The second-order valence-corrected chi connectivity index (χ2v) is 5.19. The first-order valence-corrected chi connectivity index (χ1v) is 7.14. The van der Waals surface area contributed by atoms with E-state index in [1.165, 1.54) is 12.1 Å². The highest BCUT2D eigenvalue weighted by atomic mass is 35.5. The molecule has 0 spiro atoms. The number of rotatable bonds is 5. The number of aromatic nitrogens is 2. The fourth-order valence-electron chi connectivity index (χ4n) is 2.05. The van der Waals surface area contributed by atoms with Crippen LogP contribution < -0.4 is 4.74 Å². The summed E-state index contributed by atoms with van der Waals surface area (Å²) in [7, 11) is 0. The van der Waals surface area contributed by atoms with Crippen LogP contribution in [0.2, 0.25) is 5.02 Å².